The Morgan fingerprint density at radius 2 is 2.00 bits per heavy atom. The van der Waals surface area contributed by atoms with Crippen LogP contribution in [0.4, 0.5) is 16.3 Å². The van der Waals surface area contributed by atoms with Crippen molar-refractivity contribution in [3.8, 4) is 0 Å². The molecule has 0 bridgehead atoms. The van der Waals surface area contributed by atoms with E-state index in [1.807, 2.05) is 43.3 Å². The lowest BCUT2D eigenvalue weighted by Crippen LogP contribution is -2.28. The summed E-state index contributed by atoms with van der Waals surface area (Å²) in [4.78, 5) is 18.5. The van der Waals surface area contributed by atoms with E-state index < -0.39 is 0 Å². The van der Waals surface area contributed by atoms with Crippen molar-refractivity contribution in [3.63, 3.8) is 0 Å². The molecule has 2 heterocycles. The lowest BCUT2D eigenvalue weighted by atomic mass is 10.2. The molecule has 3 aromatic rings. The molecule has 0 aliphatic carbocycles. The van der Waals surface area contributed by atoms with Crippen LogP contribution in [0.15, 0.2) is 48.8 Å². The van der Waals surface area contributed by atoms with Gasteiger partial charge in [-0.15, -0.1) is 0 Å². The molecule has 0 aliphatic rings. The van der Waals surface area contributed by atoms with Crippen LogP contribution in [0.5, 0.6) is 0 Å². The molecule has 142 valence electrons. The zero-order valence-electron chi connectivity index (χ0n) is 16.4. The van der Waals surface area contributed by atoms with E-state index in [-0.39, 0.29) is 6.03 Å². The van der Waals surface area contributed by atoms with E-state index in [2.05, 4.69) is 52.4 Å². The second-order valence-corrected chi connectivity index (χ2v) is 7.36. The number of hydrogen-bond acceptors (Lipinski definition) is 3. The number of fused-ring (bicyclic) bond motifs is 1. The van der Waals surface area contributed by atoms with Crippen LogP contribution in [-0.2, 0) is 13.1 Å². The predicted octanol–water partition coefficient (Wildman–Crippen LogP) is 4.08. The minimum atomic E-state index is -0.223. The fraction of sp³-hybridized carbons (Fsp3) is 0.333. The quantitative estimate of drug-likeness (QED) is 0.692. The number of carbonyl (C=O) groups is 1. The van der Waals surface area contributed by atoms with Crippen LogP contribution >= 0.6 is 0 Å². The fourth-order valence-electron chi connectivity index (χ4n) is 3.00. The number of hydrogen-bond donors (Lipinski definition) is 2. The number of amides is 2. The average Bonchev–Trinajstić information content (AvgIpc) is 3.01. The SMILES string of the molecule is CC(C)Cn1ccc2cc(NC(=O)NCc3ccnc(N(C)C)c3)ccc21. The number of aromatic nitrogens is 2. The Kier molecular flexibility index (Phi) is 5.64. The van der Waals surface area contributed by atoms with Crippen molar-refractivity contribution < 1.29 is 4.79 Å². The molecule has 2 N–H and O–H groups in total. The minimum absolute atomic E-state index is 0.223. The van der Waals surface area contributed by atoms with Crippen LogP contribution in [0.3, 0.4) is 0 Å². The Hall–Kier alpha value is -3.02. The third kappa shape index (κ3) is 4.78. The summed E-state index contributed by atoms with van der Waals surface area (Å²) < 4.78 is 2.25. The lowest BCUT2D eigenvalue weighted by molar-refractivity contribution is 0.251. The van der Waals surface area contributed by atoms with Crippen molar-refractivity contribution in [2.75, 3.05) is 24.3 Å². The number of rotatable bonds is 6. The highest BCUT2D eigenvalue weighted by Gasteiger charge is 2.07. The van der Waals surface area contributed by atoms with Gasteiger partial charge in [0.15, 0.2) is 0 Å². The highest BCUT2D eigenvalue weighted by molar-refractivity contribution is 5.92. The summed E-state index contributed by atoms with van der Waals surface area (Å²) in [6.45, 7) is 5.84. The monoisotopic (exact) mass is 365 g/mol. The van der Waals surface area contributed by atoms with Gasteiger partial charge in [0, 0.05) is 56.2 Å². The highest BCUT2D eigenvalue weighted by Crippen LogP contribution is 2.21. The first-order valence-corrected chi connectivity index (χ1v) is 9.18. The van der Waals surface area contributed by atoms with E-state index in [4.69, 9.17) is 0 Å². The van der Waals surface area contributed by atoms with Crippen molar-refractivity contribution in [2.24, 2.45) is 5.92 Å². The molecule has 3 rings (SSSR count). The summed E-state index contributed by atoms with van der Waals surface area (Å²) in [5, 5.41) is 6.92. The molecule has 0 atom stereocenters. The maximum atomic E-state index is 12.2. The molecular weight excluding hydrogens is 338 g/mol. The zero-order chi connectivity index (χ0) is 19.4. The van der Waals surface area contributed by atoms with Gasteiger partial charge in [0.25, 0.3) is 0 Å². The Morgan fingerprint density at radius 1 is 1.19 bits per heavy atom. The van der Waals surface area contributed by atoms with Crippen molar-refractivity contribution in [2.45, 2.75) is 26.9 Å². The van der Waals surface area contributed by atoms with E-state index >= 15 is 0 Å². The molecule has 2 amide bonds. The number of pyridine rings is 1. The third-order valence-corrected chi connectivity index (χ3v) is 4.31. The molecule has 1 aromatic carbocycles. The molecule has 0 aliphatic heterocycles. The topological polar surface area (TPSA) is 62.2 Å². The number of carbonyl (C=O) groups excluding carboxylic acids is 1. The smallest absolute Gasteiger partial charge is 0.319 e. The molecule has 27 heavy (non-hydrogen) atoms. The van der Waals surface area contributed by atoms with Gasteiger partial charge >= 0.3 is 6.03 Å². The van der Waals surface area contributed by atoms with Crippen molar-refractivity contribution >= 4 is 28.4 Å². The molecule has 0 saturated heterocycles. The van der Waals surface area contributed by atoms with Gasteiger partial charge in [-0.2, -0.15) is 0 Å². The van der Waals surface area contributed by atoms with Crippen molar-refractivity contribution in [3.05, 3.63) is 54.4 Å². The Morgan fingerprint density at radius 3 is 2.74 bits per heavy atom. The molecule has 6 nitrogen and oxygen atoms in total. The normalized spacial score (nSPS) is 11.0. The van der Waals surface area contributed by atoms with Crippen LogP contribution in [0.25, 0.3) is 10.9 Å². The van der Waals surface area contributed by atoms with Gasteiger partial charge in [-0.05, 0) is 47.9 Å². The van der Waals surface area contributed by atoms with Gasteiger partial charge in [-0.1, -0.05) is 13.8 Å². The number of nitrogens with one attached hydrogen (secondary N) is 2. The van der Waals surface area contributed by atoms with E-state index in [9.17, 15) is 4.79 Å². The first-order chi connectivity index (χ1) is 12.9. The van der Waals surface area contributed by atoms with E-state index in [0.29, 0.717) is 12.5 Å². The number of benzene rings is 1. The van der Waals surface area contributed by atoms with Gasteiger partial charge in [-0.25, -0.2) is 9.78 Å². The number of nitrogens with zero attached hydrogens (tertiary/aromatic N) is 3. The average molecular weight is 365 g/mol. The summed E-state index contributed by atoms with van der Waals surface area (Å²) >= 11 is 0. The van der Waals surface area contributed by atoms with Crippen molar-refractivity contribution in [1.82, 2.24) is 14.9 Å². The first kappa shape index (κ1) is 18.8. The Labute approximate surface area is 160 Å². The Balaban J connectivity index is 1.61. The van der Waals surface area contributed by atoms with Crippen LogP contribution in [0.2, 0.25) is 0 Å². The van der Waals surface area contributed by atoms with Gasteiger partial charge in [-0.3, -0.25) is 0 Å². The van der Waals surface area contributed by atoms with Crippen LogP contribution < -0.4 is 15.5 Å². The summed E-state index contributed by atoms with van der Waals surface area (Å²) in [7, 11) is 3.88. The predicted molar refractivity (Wildman–Crippen MR) is 111 cm³/mol. The van der Waals surface area contributed by atoms with Crippen LogP contribution in [-0.4, -0.2) is 29.7 Å². The van der Waals surface area contributed by atoms with Gasteiger partial charge in [0.05, 0.1) is 0 Å². The maximum absolute atomic E-state index is 12.2. The van der Waals surface area contributed by atoms with Crippen LogP contribution in [0.1, 0.15) is 19.4 Å². The molecule has 2 aromatic heterocycles. The zero-order valence-corrected chi connectivity index (χ0v) is 16.4. The van der Waals surface area contributed by atoms with Crippen molar-refractivity contribution in [1.29, 1.82) is 0 Å². The summed E-state index contributed by atoms with van der Waals surface area (Å²) in [6, 6.07) is 11.7. The second kappa shape index (κ2) is 8.12. The largest absolute Gasteiger partial charge is 0.363 e. The molecule has 0 fully saturated rings. The van der Waals surface area contributed by atoms with E-state index in [1.165, 1.54) is 5.52 Å². The van der Waals surface area contributed by atoms with E-state index in [1.54, 1.807) is 6.20 Å². The molecular formula is C21H27N5O. The third-order valence-electron chi connectivity index (χ3n) is 4.31. The minimum Gasteiger partial charge on any atom is -0.363 e. The van der Waals surface area contributed by atoms with Gasteiger partial charge in [0.2, 0.25) is 0 Å². The Bertz CT molecular complexity index is 929. The highest BCUT2D eigenvalue weighted by atomic mass is 16.2. The van der Waals surface area contributed by atoms with Crippen LogP contribution in [0, 0.1) is 5.92 Å². The first-order valence-electron chi connectivity index (χ1n) is 9.18. The standard InChI is InChI=1S/C21H27N5O/c1-15(2)14-26-10-8-17-12-18(5-6-19(17)26)24-21(27)23-13-16-7-9-22-20(11-16)25(3)4/h5-12,15H,13-14H2,1-4H3,(H2,23,24,27). The molecule has 0 radical (unpaired) electrons. The molecule has 0 spiro atoms. The maximum Gasteiger partial charge on any atom is 0.319 e. The molecule has 0 unspecified atom stereocenters. The molecule has 0 saturated carbocycles. The van der Waals surface area contributed by atoms with E-state index in [0.717, 1.165) is 29.0 Å². The van der Waals surface area contributed by atoms with Gasteiger partial charge < -0.3 is 20.1 Å². The molecule has 6 heteroatoms. The second-order valence-electron chi connectivity index (χ2n) is 7.36. The summed E-state index contributed by atoms with van der Waals surface area (Å²) in [5.41, 5.74) is 2.97. The fourth-order valence-corrected chi connectivity index (χ4v) is 3.00. The summed E-state index contributed by atoms with van der Waals surface area (Å²) in [5.74, 6) is 1.46. The lowest BCUT2D eigenvalue weighted by Gasteiger charge is -2.13. The van der Waals surface area contributed by atoms with Gasteiger partial charge in [0.1, 0.15) is 5.82 Å². The number of urea groups is 1. The summed E-state index contributed by atoms with van der Waals surface area (Å²) in [6.07, 6.45) is 3.85. The number of anilines is 2.